The maximum Gasteiger partial charge on any atom is 0.290 e. The third kappa shape index (κ3) is 2.55. The summed E-state index contributed by atoms with van der Waals surface area (Å²) < 4.78 is 10.8. The summed E-state index contributed by atoms with van der Waals surface area (Å²) in [7, 11) is 0. The summed E-state index contributed by atoms with van der Waals surface area (Å²) >= 11 is 3.38. The number of nitrogens with zero attached hydrogens (tertiary/aromatic N) is 1. The van der Waals surface area contributed by atoms with Gasteiger partial charge in [-0.3, -0.25) is 4.79 Å². The Kier molecular flexibility index (Phi) is 3.89. The van der Waals surface area contributed by atoms with Gasteiger partial charge >= 0.3 is 0 Å². The number of carbonyl (C=O) groups is 1. The van der Waals surface area contributed by atoms with E-state index in [4.69, 9.17) is 9.15 Å². The average Bonchev–Trinajstić information content (AvgIpc) is 2.75. The average molecular weight is 302 g/mol. The number of aryl methyl sites for hydroxylation is 1. The van der Waals surface area contributed by atoms with Crippen LogP contribution in [-0.4, -0.2) is 41.4 Å². The van der Waals surface area contributed by atoms with Gasteiger partial charge in [-0.05, 0) is 19.9 Å². The molecule has 1 aliphatic rings. The zero-order valence-electron chi connectivity index (χ0n) is 9.98. The number of furan rings is 1. The van der Waals surface area contributed by atoms with Crippen molar-refractivity contribution in [1.29, 1.82) is 0 Å². The largest absolute Gasteiger partial charge is 0.459 e. The van der Waals surface area contributed by atoms with Crippen molar-refractivity contribution in [2.24, 2.45) is 0 Å². The van der Waals surface area contributed by atoms with E-state index in [1.807, 2.05) is 18.7 Å². The molecule has 0 aliphatic carbocycles. The van der Waals surface area contributed by atoms with Crippen LogP contribution in [0.2, 0.25) is 0 Å². The molecule has 94 valence electrons. The smallest absolute Gasteiger partial charge is 0.290 e. The van der Waals surface area contributed by atoms with Crippen molar-refractivity contribution in [2.75, 3.05) is 18.5 Å². The molecule has 4 nitrogen and oxygen atoms in total. The fraction of sp³-hybridized carbons (Fsp3) is 0.583. The minimum atomic E-state index is -0.0470. The van der Waals surface area contributed by atoms with Crippen LogP contribution in [0.25, 0.3) is 0 Å². The summed E-state index contributed by atoms with van der Waals surface area (Å²) in [6, 6.07) is 1.89. The summed E-state index contributed by atoms with van der Waals surface area (Å²) in [6.45, 7) is 5.04. The van der Waals surface area contributed by atoms with Crippen molar-refractivity contribution in [3.05, 3.63) is 23.7 Å². The third-order valence-electron chi connectivity index (χ3n) is 2.99. The second-order valence-corrected chi connectivity index (χ2v) is 5.00. The predicted molar refractivity (Wildman–Crippen MR) is 67.5 cm³/mol. The number of carbonyl (C=O) groups excluding carboxylic acids is 1. The predicted octanol–water partition coefficient (Wildman–Crippen LogP) is 2.21. The maximum atomic E-state index is 12.3. The molecule has 2 rings (SSSR count). The molecule has 2 atom stereocenters. The Morgan fingerprint density at radius 2 is 2.41 bits per heavy atom. The Morgan fingerprint density at radius 1 is 1.65 bits per heavy atom. The van der Waals surface area contributed by atoms with Gasteiger partial charge in [0, 0.05) is 17.4 Å². The summed E-state index contributed by atoms with van der Waals surface area (Å²) in [5.74, 6) is 0.390. The van der Waals surface area contributed by atoms with Crippen LogP contribution in [0.4, 0.5) is 0 Å². The highest BCUT2D eigenvalue weighted by Crippen LogP contribution is 2.19. The number of hydrogen-bond donors (Lipinski definition) is 0. The Bertz CT molecular complexity index is 404. The number of rotatable bonds is 2. The van der Waals surface area contributed by atoms with Crippen LogP contribution >= 0.6 is 15.9 Å². The van der Waals surface area contributed by atoms with Crippen molar-refractivity contribution in [2.45, 2.75) is 26.0 Å². The molecule has 0 saturated carbocycles. The number of alkyl halides is 1. The van der Waals surface area contributed by atoms with Gasteiger partial charge in [-0.1, -0.05) is 15.9 Å². The Balaban J connectivity index is 2.15. The Labute approximate surface area is 109 Å². The second kappa shape index (κ2) is 5.23. The molecule has 2 unspecified atom stereocenters. The lowest BCUT2D eigenvalue weighted by molar-refractivity contribution is -0.0371. The van der Waals surface area contributed by atoms with Crippen molar-refractivity contribution < 1.29 is 13.9 Å². The van der Waals surface area contributed by atoms with Crippen molar-refractivity contribution in [3.63, 3.8) is 0 Å². The number of morpholine rings is 1. The van der Waals surface area contributed by atoms with Crippen LogP contribution in [0.15, 0.2) is 16.7 Å². The van der Waals surface area contributed by atoms with Gasteiger partial charge in [0.15, 0.2) is 5.76 Å². The van der Waals surface area contributed by atoms with Crippen LogP contribution in [-0.2, 0) is 4.74 Å². The molecule has 2 heterocycles. The summed E-state index contributed by atoms with van der Waals surface area (Å²) in [5.41, 5.74) is 0.879. The number of ether oxygens (including phenoxy) is 1. The SMILES string of the molecule is Cc1ccoc1C(=O)N1CC(CBr)OCC1C. The molecule has 17 heavy (non-hydrogen) atoms. The molecule has 0 N–H and O–H groups in total. The van der Waals surface area contributed by atoms with Gasteiger partial charge in [0.2, 0.25) is 0 Å². The molecule has 1 aromatic heterocycles. The molecule has 0 aromatic carbocycles. The van der Waals surface area contributed by atoms with E-state index in [9.17, 15) is 4.79 Å². The Hall–Kier alpha value is -0.810. The van der Waals surface area contributed by atoms with E-state index in [-0.39, 0.29) is 18.1 Å². The highest BCUT2D eigenvalue weighted by atomic mass is 79.9. The summed E-state index contributed by atoms with van der Waals surface area (Å²) in [5, 5.41) is 0.737. The molecule has 1 saturated heterocycles. The number of amides is 1. The first kappa shape index (κ1) is 12.6. The minimum Gasteiger partial charge on any atom is -0.459 e. The molecule has 0 bridgehead atoms. The van der Waals surface area contributed by atoms with Crippen LogP contribution in [0.3, 0.4) is 0 Å². The molecular weight excluding hydrogens is 286 g/mol. The minimum absolute atomic E-state index is 0.0470. The lowest BCUT2D eigenvalue weighted by Crippen LogP contribution is -2.51. The van der Waals surface area contributed by atoms with Gasteiger partial charge in [0.1, 0.15) is 0 Å². The third-order valence-corrected chi connectivity index (χ3v) is 3.72. The summed E-state index contributed by atoms with van der Waals surface area (Å²) in [6.07, 6.45) is 1.61. The first-order chi connectivity index (χ1) is 8.13. The monoisotopic (exact) mass is 301 g/mol. The normalized spacial score (nSPS) is 25.0. The van der Waals surface area contributed by atoms with Crippen LogP contribution in [0, 0.1) is 6.92 Å². The van der Waals surface area contributed by atoms with E-state index in [2.05, 4.69) is 15.9 Å². The van der Waals surface area contributed by atoms with Gasteiger partial charge in [-0.15, -0.1) is 0 Å². The summed E-state index contributed by atoms with van der Waals surface area (Å²) in [4.78, 5) is 14.1. The topological polar surface area (TPSA) is 42.7 Å². The molecule has 1 aliphatic heterocycles. The zero-order valence-corrected chi connectivity index (χ0v) is 11.6. The van der Waals surface area contributed by atoms with Crippen LogP contribution in [0.1, 0.15) is 23.0 Å². The second-order valence-electron chi connectivity index (χ2n) is 4.35. The fourth-order valence-corrected chi connectivity index (χ4v) is 2.31. The molecule has 0 radical (unpaired) electrons. The van der Waals surface area contributed by atoms with Crippen LogP contribution < -0.4 is 0 Å². The fourth-order valence-electron chi connectivity index (χ4n) is 1.92. The van der Waals surface area contributed by atoms with Crippen molar-refractivity contribution in [3.8, 4) is 0 Å². The van der Waals surface area contributed by atoms with E-state index in [0.717, 1.165) is 10.9 Å². The van der Waals surface area contributed by atoms with Gasteiger partial charge in [0.05, 0.1) is 25.0 Å². The van der Waals surface area contributed by atoms with E-state index in [1.54, 1.807) is 12.3 Å². The maximum absolute atomic E-state index is 12.3. The number of halogens is 1. The molecule has 1 aromatic rings. The first-order valence-corrected chi connectivity index (χ1v) is 6.78. The van der Waals surface area contributed by atoms with Gasteiger partial charge in [-0.25, -0.2) is 0 Å². The molecule has 0 spiro atoms. The van der Waals surface area contributed by atoms with E-state index in [1.165, 1.54) is 0 Å². The van der Waals surface area contributed by atoms with Crippen LogP contribution in [0.5, 0.6) is 0 Å². The van der Waals surface area contributed by atoms with E-state index in [0.29, 0.717) is 18.9 Å². The molecule has 1 fully saturated rings. The lowest BCUT2D eigenvalue weighted by Gasteiger charge is -2.37. The highest BCUT2D eigenvalue weighted by molar-refractivity contribution is 9.09. The highest BCUT2D eigenvalue weighted by Gasteiger charge is 2.31. The number of hydrogen-bond acceptors (Lipinski definition) is 3. The van der Waals surface area contributed by atoms with Crippen molar-refractivity contribution in [1.82, 2.24) is 4.90 Å². The van der Waals surface area contributed by atoms with E-state index >= 15 is 0 Å². The standard InChI is InChI=1S/C12H16BrNO3/c1-8-3-4-16-11(8)12(15)14-6-10(5-13)17-7-9(14)2/h3-4,9-10H,5-7H2,1-2H3. The van der Waals surface area contributed by atoms with Gasteiger partial charge in [-0.2, -0.15) is 0 Å². The van der Waals surface area contributed by atoms with Gasteiger partial charge in [0.25, 0.3) is 5.91 Å². The van der Waals surface area contributed by atoms with Gasteiger partial charge < -0.3 is 14.1 Å². The lowest BCUT2D eigenvalue weighted by atomic mass is 10.1. The zero-order chi connectivity index (χ0) is 12.4. The molecule has 5 heteroatoms. The Morgan fingerprint density at radius 3 is 3.00 bits per heavy atom. The van der Waals surface area contributed by atoms with E-state index < -0.39 is 0 Å². The van der Waals surface area contributed by atoms with Crippen molar-refractivity contribution >= 4 is 21.8 Å². The quantitative estimate of drug-likeness (QED) is 0.787. The molecule has 1 amide bonds. The first-order valence-electron chi connectivity index (χ1n) is 5.66. The molecular formula is C12H16BrNO3.